The first-order valence-electron chi connectivity index (χ1n) is 6.89. The van der Waals surface area contributed by atoms with E-state index in [9.17, 15) is 8.42 Å². The van der Waals surface area contributed by atoms with Crippen LogP contribution in [0.3, 0.4) is 0 Å². The van der Waals surface area contributed by atoms with Crippen LogP contribution in [0.5, 0.6) is 0 Å². The number of aromatic nitrogens is 2. The van der Waals surface area contributed by atoms with Crippen LogP contribution in [0, 0.1) is 5.92 Å². The Bertz CT molecular complexity index is 771. The summed E-state index contributed by atoms with van der Waals surface area (Å²) in [6.45, 7) is 0.655. The molecule has 0 amide bonds. The number of rotatable bonds is 4. The molecule has 0 radical (unpaired) electrons. The summed E-state index contributed by atoms with van der Waals surface area (Å²) in [7, 11) is -2.87. The molecule has 3 rings (SSSR count). The molecule has 2 heterocycles. The summed E-state index contributed by atoms with van der Waals surface area (Å²) in [6, 6.07) is 5.58. The van der Waals surface area contributed by atoms with E-state index >= 15 is 0 Å². The maximum Gasteiger partial charge on any atom is 0.150 e. The molecule has 21 heavy (non-hydrogen) atoms. The number of aryl methyl sites for hydroxylation is 1. The monoisotopic (exact) mass is 346 g/mol. The van der Waals surface area contributed by atoms with Gasteiger partial charge in [0.1, 0.15) is 5.82 Å². The van der Waals surface area contributed by atoms with Crippen LogP contribution >= 0.6 is 23.2 Å². The third kappa shape index (κ3) is 3.20. The third-order valence-corrected chi connectivity index (χ3v) is 6.14. The van der Waals surface area contributed by atoms with Gasteiger partial charge in [0, 0.05) is 23.9 Å². The summed E-state index contributed by atoms with van der Waals surface area (Å²) in [5.41, 5.74) is 1.83. The minimum absolute atomic E-state index is 0.139. The highest BCUT2D eigenvalue weighted by molar-refractivity contribution is 7.91. The molecule has 1 saturated heterocycles. The Balaban J connectivity index is 1.98. The predicted octanol–water partition coefficient (Wildman–Crippen LogP) is 2.91. The Hall–Kier alpha value is -0.780. The Kier molecular flexibility index (Phi) is 4.17. The van der Waals surface area contributed by atoms with Gasteiger partial charge in [0.25, 0.3) is 0 Å². The van der Waals surface area contributed by atoms with Crippen molar-refractivity contribution >= 4 is 44.1 Å². The Morgan fingerprint density at radius 2 is 2.19 bits per heavy atom. The summed E-state index contributed by atoms with van der Waals surface area (Å²) in [5, 5.41) is 0.653. The average molecular weight is 347 g/mol. The molecule has 1 unspecified atom stereocenters. The Labute approximate surface area is 134 Å². The van der Waals surface area contributed by atoms with Crippen molar-refractivity contribution in [1.82, 2.24) is 9.55 Å². The van der Waals surface area contributed by atoms with E-state index in [-0.39, 0.29) is 17.4 Å². The molecule has 1 atom stereocenters. The molecular weight excluding hydrogens is 331 g/mol. The topological polar surface area (TPSA) is 52.0 Å². The Morgan fingerprint density at radius 3 is 2.86 bits per heavy atom. The first-order valence-corrected chi connectivity index (χ1v) is 9.63. The van der Waals surface area contributed by atoms with E-state index in [4.69, 9.17) is 23.2 Å². The smallest absolute Gasteiger partial charge is 0.150 e. The molecule has 7 heteroatoms. The van der Waals surface area contributed by atoms with Gasteiger partial charge in [0.15, 0.2) is 9.84 Å². The lowest BCUT2D eigenvalue weighted by Gasteiger charge is -2.13. The van der Waals surface area contributed by atoms with Crippen molar-refractivity contribution < 1.29 is 8.42 Å². The van der Waals surface area contributed by atoms with E-state index < -0.39 is 9.84 Å². The molecule has 0 N–H and O–H groups in total. The fourth-order valence-electron chi connectivity index (χ4n) is 2.90. The summed E-state index contributed by atoms with van der Waals surface area (Å²) >= 11 is 11.9. The molecule has 114 valence electrons. The normalized spacial score (nSPS) is 21.1. The third-order valence-electron chi connectivity index (χ3n) is 3.87. The van der Waals surface area contributed by atoms with Crippen LogP contribution in [-0.2, 0) is 22.8 Å². The fraction of sp³-hybridized carbons (Fsp3) is 0.500. The van der Waals surface area contributed by atoms with Crippen LogP contribution in [-0.4, -0.2) is 35.4 Å². The lowest BCUT2D eigenvalue weighted by atomic mass is 10.1. The fourth-order valence-corrected chi connectivity index (χ4v) is 5.08. The van der Waals surface area contributed by atoms with Crippen molar-refractivity contribution in [3.05, 3.63) is 29.0 Å². The number of alkyl halides is 1. The van der Waals surface area contributed by atoms with Gasteiger partial charge in [-0.2, -0.15) is 0 Å². The van der Waals surface area contributed by atoms with E-state index in [1.165, 1.54) is 0 Å². The van der Waals surface area contributed by atoms with E-state index in [0.717, 1.165) is 16.9 Å². The van der Waals surface area contributed by atoms with Gasteiger partial charge in [0.05, 0.1) is 22.5 Å². The zero-order valence-corrected chi connectivity index (χ0v) is 13.8. The quantitative estimate of drug-likeness (QED) is 0.799. The van der Waals surface area contributed by atoms with Crippen molar-refractivity contribution in [1.29, 1.82) is 0 Å². The van der Waals surface area contributed by atoms with Crippen molar-refractivity contribution in [2.24, 2.45) is 5.92 Å². The highest BCUT2D eigenvalue weighted by Gasteiger charge is 2.29. The second kappa shape index (κ2) is 5.78. The minimum atomic E-state index is -2.87. The van der Waals surface area contributed by atoms with Crippen LogP contribution in [0.4, 0.5) is 0 Å². The van der Waals surface area contributed by atoms with Gasteiger partial charge in [-0.3, -0.25) is 0 Å². The molecule has 4 nitrogen and oxygen atoms in total. The minimum Gasteiger partial charge on any atom is -0.328 e. The van der Waals surface area contributed by atoms with Crippen LogP contribution in [0.1, 0.15) is 12.2 Å². The van der Waals surface area contributed by atoms with Crippen molar-refractivity contribution in [3.63, 3.8) is 0 Å². The van der Waals surface area contributed by atoms with Crippen molar-refractivity contribution in [3.8, 4) is 0 Å². The molecule has 1 fully saturated rings. The Morgan fingerprint density at radius 1 is 1.38 bits per heavy atom. The summed E-state index contributed by atoms with van der Waals surface area (Å²) < 4.78 is 25.3. The van der Waals surface area contributed by atoms with Gasteiger partial charge in [-0.25, -0.2) is 13.4 Å². The van der Waals surface area contributed by atoms with E-state index in [0.29, 0.717) is 30.3 Å². The van der Waals surface area contributed by atoms with Gasteiger partial charge in [-0.15, -0.1) is 11.6 Å². The maximum absolute atomic E-state index is 11.6. The SMILES string of the molecule is O=S1(=O)CCC(Cn2c(CCCl)nc3ccc(Cl)cc32)C1. The number of sulfone groups is 1. The highest BCUT2D eigenvalue weighted by atomic mass is 35.5. The average Bonchev–Trinajstić information content (AvgIpc) is 2.92. The van der Waals surface area contributed by atoms with Crippen LogP contribution < -0.4 is 0 Å². The molecule has 2 aromatic rings. The molecule has 0 bridgehead atoms. The van der Waals surface area contributed by atoms with E-state index in [1.54, 1.807) is 0 Å². The lowest BCUT2D eigenvalue weighted by Crippen LogP contribution is -2.15. The molecular formula is C14H16Cl2N2O2S. The highest BCUT2D eigenvalue weighted by Crippen LogP contribution is 2.26. The number of imidazole rings is 1. The number of halogens is 2. The molecule has 0 aliphatic carbocycles. The van der Waals surface area contributed by atoms with Gasteiger partial charge in [-0.05, 0) is 30.5 Å². The standard InChI is InChI=1S/C14H16Cl2N2O2S/c15-5-3-14-17-12-2-1-11(16)7-13(12)18(14)8-10-4-6-21(19,20)9-10/h1-2,7,10H,3-6,8-9H2. The molecule has 0 spiro atoms. The predicted molar refractivity (Wildman–Crippen MR) is 85.9 cm³/mol. The molecule has 1 aromatic heterocycles. The number of hydrogen-bond acceptors (Lipinski definition) is 3. The largest absolute Gasteiger partial charge is 0.328 e. The summed E-state index contributed by atoms with van der Waals surface area (Å²) in [6.07, 6.45) is 1.37. The molecule has 0 saturated carbocycles. The number of fused-ring (bicyclic) bond motifs is 1. The number of hydrogen-bond donors (Lipinski definition) is 0. The second-order valence-corrected chi connectivity index (χ2v) is 8.52. The van der Waals surface area contributed by atoms with Gasteiger partial charge < -0.3 is 4.57 Å². The van der Waals surface area contributed by atoms with Gasteiger partial charge in [0.2, 0.25) is 0 Å². The first kappa shape index (κ1) is 15.1. The molecule has 1 aromatic carbocycles. The van der Waals surface area contributed by atoms with Crippen LogP contribution in [0.25, 0.3) is 11.0 Å². The second-order valence-electron chi connectivity index (χ2n) is 5.48. The lowest BCUT2D eigenvalue weighted by molar-refractivity contribution is 0.488. The van der Waals surface area contributed by atoms with Crippen LogP contribution in [0.15, 0.2) is 18.2 Å². The van der Waals surface area contributed by atoms with Crippen LogP contribution in [0.2, 0.25) is 5.02 Å². The first-order chi connectivity index (χ1) is 9.98. The van der Waals surface area contributed by atoms with Gasteiger partial charge in [-0.1, -0.05) is 11.6 Å². The summed E-state index contributed by atoms with van der Waals surface area (Å²) in [5.74, 6) is 2.07. The van der Waals surface area contributed by atoms with E-state index in [1.807, 2.05) is 18.2 Å². The molecule has 1 aliphatic heterocycles. The zero-order chi connectivity index (χ0) is 15.0. The van der Waals surface area contributed by atoms with E-state index in [2.05, 4.69) is 9.55 Å². The maximum atomic E-state index is 11.6. The summed E-state index contributed by atoms with van der Waals surface area (Å²) in [4.78, 5) is 4.59. The number of nitrogens with zero attached hydrogens (tertiary/aromatic N) is 2. The molecule has 1 aliphatic rings. The zero-order valence-electron chi connectivity index (χ0n) is 11.4. The van der Waals surface area contributed by atoms with Gasteiger partial charge >= 0.3 is 0 Å². The number of benzene rings is 1. The van der Waals surface area contributed by atoms with Crippen molar-refractivity contribution in [2.75, 3.05) is 17.4 Å². The van der Waals surface area contributed by atoms with Crippen molar-refractivity contribution in [2.45, 2.75) is 19.4 Å².